The molecule has 2 rings (SSSR count). The van der Waals surface area contributed by atoms with Crippen LogP contribution in [-0.2, 0) is 5.41 Å². The molecule has 2 aromatic carbocycles. The first-order chi connectivity index (χ1) is 12.3. The Balaban J connectivity index is 2.63. The van der Waals surface area contributed by atoms with Crippen molar-refractivity contribution in [1.29, 1.82) is 0 Å². The minimum absolute atomic E-state index is 0.00946. The van der Waals surface area contributed by atoms with Crippen LogP contribution in [0.4, 0.5) is 17.1 Å². The molecule has 6 nitrogen and oxygen atoms in total. The lowest BCUT2D eigenvalue weighted by Gasteiger charge is -2.21. The summed E-state index contributed by atoms with van der Waals surface area (Å²) in [7, 11) is 0. The fourth-order valence-corrected chi connectivity index (χ4v) is 2.27. The molecule has 0 fully saturated rings. The smallest absolute Gasteiger partial charge is 0.298 e. The molecule has 0 aliphatic rings. The van der Waals surface area contributed by atoms with Gasteiger partial charge in [-0.1, -0.05) is 38.4 Å². The predicted molar refractivity (Wildman–Crippen MR) is 93.8 cm³/mol. The molecule has 1 N–H and O–H groups in total. The zero-order valence-corrected chi connectivity index (χ0v) is 14.1. The van der Waals surface area contributed by atoms with Crippen LogP contribution < -0.4 is 0 Å². The number of rotatable bonds is 3. The molecule has 0 atom stereocenters. The highest BCUT2D eigenvalue weighted by atomic mass is 35.5. The zero-order valence-electron chi connectivity index (χ0n) is 16.4. The molecule has 2 aromatic rings. The average Bonchev–Trinajstić information content (AvgIpc) is 2.52. The van der Waals surface area contributed by atoms with Crippen LogP contribution in [0.2, 0.25) is 5.02 Å². The third-order valence-electron chi connectivity index (χ3n) is 3.30. The normalized spacial score (nSPS) is 14.2. The molecule has 126 valence electrons. The summed E-state index contributed by atoms with van der Waals surface area (Å²) in [6.07, 6.45) is 0. The van der Waals surface area contributed by atoms with E-state index >= 15 is 0 Å². The number of phenolic OH excluding ortho intramolecular Hbond substituents is 1. The number of nitro benzene ring substituents is 1. The van der Waals surface area contributed by atoms with Gasteiger partial charge < -0.3 is 5.11 Å². The molecular formula is C17H18ClN3O3. The van der Waals surface area contributed by atoms with Crippen molar-refractivity contribution in [3.63, 3.8) is 0 Å². The number of benzene rings is 2. The van der Waals surface area contributed by atoms with Gasteiger partial charge in [-0.2, -0.15) is 0 Å². The topological polar surface area (TPSA) is 88.1 Å². The second-order valence-electron chi connectivity index (χ2n) is 6.23. The second-order valence-corrected chi connectivity index (χ2v) is 6.67. The van der Waals surface area contributed by atoms with Crippen LogP contribution in [-0.4, -0.2) is 10.0 Å². The SMILES string of the molecule is [2H]C([2H])([2H])c1cc(N=Nc2ccc(Cl)cc2[N+](=O)[O-])c(O)c(C(C)(C)C)c1. The van der Waals surface area contributed by atoms with Crippen molar-refractivity contribution in [3.8, 4) is 5.75 Å². The van der Waals surface area contributed by atoms with Crippen molar-refractivity contribution >= 4 is 28.7 Å². The summed E-state index contributed by atoms with van der Waals surface area (Å²) in [6.45, 7) is 3.03. The lowest BCUT2D eigenvalue weighted by molar-refractivity contribution is -0.384. The minimum atomic E-state index is -2.41. The van der Waals surface area contributed by atoms with Gasteiger partial charge in [0.2, 0.25) is 0 Å². The summed E-state index contributed by atoms with van der Waals surface area (Å²) >= 11 is 5.77. The molecule has 0 amide bonds. The first-order valence-corrected chi connectivity index (χ1v) is 7.42. The molecule has 7 heteroatoms. The number of aryl methyl sites for hydroxylation is 1. The van der Waals surface area contributed by atoms with Crippen LogP contribution in [0.5, 0.6) is 5.75 Å². The number of aromatic hydroxyl groups is 1. The molecular weight excluding hydrogens is 330 g/mol. The summed E-state index contributed by atoms with van der Waals surface area (Å²) in [5.74, 6) is -0.226. The maximum Gasteiger partial charge on any atom is 0.298 e. The van der Waals surface area contributed by atoms with E-state index < -0.39 is 17.2 Å². The Morgan fingerprint density at radius 1 is 1.21 bits per heavy atom. The maximum atomic E-state index is 11.1. The Bertz CT molecular complexity index is 922. The third-order valence-corrected chi connectivity index (χ3v) is 3.53. The van der Waals surface area contributed by atoms with Gasteiger partial charge in [-0.3, -0.25) is 10.1 Å². The molecule has 0 aromatic heterocycles. The number of hydrogen-bond acceptors (Lipinski definition) is 5. The van der Waals surface area contributed by atoms with Crippen molar-refractivity contribution in [2.24, 2.45) is 10.2 Å². The molecule has 0 saturated heterocycles. The first kappa shape index (κ1) is 13.9. The quantitative estimate of drug-likeness (QED) is 0.419. The van der Waals surface area contributed by atoms with E-state index in [1.807, 2.05) is 20.8 Å². The van der Waals surface area contributed by atoms with Gasteiger partial charge >= 0.3 is 0 Å². The Morgan fingerprint density at radius 3 is 2.46 bits per heavy atom. The van der Waals surface area contributed by atoms with Gasteiger partial charge in [0.1, 0.15) is 11.4 Å². The minimum Gasteiger partial charge on any atom is -0.505 e. The van der Waals surface area contributed by atoms with E-state index in [0.717, 1.165) is 6.07 Å². The van der Waals surface area contributed by atoms with E-state index in [-0.39, 0.29) is 33.4 Å². The van der Waals surface area contributed by atoms with Crippen molar-refractivity contribution in [2.75, 3.05) is 0 Å². The highest BCUT2D eigenvalue weighted by Crippen LogP contribution is 2.40. The lowest BCUT2D eigenvalue weighted by Crippen LogP contribution is -2.11. The number of hydrogen-bond donors (Lipinski definition) is 1. The Morgan fingerprint density at radius 2 is 1.88 bits per heavy atom. The Hall–Kier alpha value is -2.47. The predicted octanol–water partition coefficient (Wildman–Crippen LogP) is 5.98. The van der Waals surface area contributed by atoms with Crippen molar-refractivity contribution < 1.29 is 14.1 Å². The number of nitrogens with zero attached hydrogens (tertiary/aromatic N) is 3. The van der Waals surface area contributed by atoms with E-state index in [1.54, 1.807) is 0 Å². The molecule has 0 aliphatic heterocycles. The lowest BCUT2D eigenvalue weighted by atomic mass is 9.85. The molecule has 0 saturated carbocycles. The summed E-state index contributed by atoms with van der Waals surface area (Å²) in [6, 6.07) is 6.48. The summed E-state index contributed by atoms with van der Waals surface area (Å²) < 4.78 is 22.9. The molecule has 0 bridgehead atoms. The fraction of sp³-hybridized carbons (Fsp3) is 0.294. The largest absolute Gasteiger partial charge is 0.505 e. The summed E-state index contributed by atoms with van der Waals surface area (Å²) in [5, 5.41) is 29.5. The monoisotopic (exact) mass is 350 g/mol. The van der Waals surface area contributed by atoms with Crippen LogP contribution in [0, 0.1) is 17.0 Å². The molecule has 0 spiro atoms. The Kier molecular flexibility index (Phi) is 3.81. The molecule has 0 radical (unpaired) electrons. The molecule has 0 unspecified atom stereocenters. The van der Waals surface area contributed by atoms with Gasteiger partial charge in [0, 0.05) is 20.8 Å². The van der Waals surface area contributed by atoms with Crippen LogP contribution in [0.3, 0.4) is 0 Å². The van der Waals surface area contributed by atoms with Crippen LogP contribution in [0.1, 0.15) is 36.0 Å². The number of phenols is 1. The van der Waals surface area contributed by atoms with Crippen LogP contribution in [0.25, 0.3) is 0 Å². The molecule has 0 heterocycles. The average molecular weight is 351 g/mol. The Labute approximate surface area is 149 Å². The van der Waals surface area contributed by atoms with Gasteiger partial charge in [-0.05, 0) is 36.0 Å². The van der Waals surface area contributed by atoms with Gasteiger partial charge in [-0.25, -0.2) is 0 Å². The van der Waals surface area contributed by atoms with E-state index in [2.05, 4.69) is 10.2 Å². The highest BCUT2D eigenvalue weighted by Gasteiger charge is 2.21. The first-order valence-electron chi connectivity index (χ1n) is 8.54. The van der Waals surface area contributed by atoms with Crippen molar-refractivity contribution in [3.05, 3.63) is 56.6 Å². The summed E-state index contributed by atoms with van der Waals surface area (Å²) in [4.78, 5) is 10.5. The van der Waals surface area contributed by atoms with Gasteiger partial charge in [0.25, 0.3) is 5.69 Å². The van der Waals surface area contributed by atoms with E-state index in [4.69, 9.17) is 15.7 Å². The van der Waals surface area contributed by atoms with E-state index in [1.165, 1.54) is 24.3 Å². The van der Waals surface area contributed by atoms with Gasteiger partial charge in [0.15, 0.2) is 5.69 Å². The third kappa shape index (κ3) is 3.89. The number of halogens is 1. The van der Waals surface area contributed by atoms with Gasteiger partial charge in [0.05, 0.1) is 4.92 Å². The highest BCUT2D eigenvalue weighted by molar-refractivity contribution is 6.30. The van der Waals surface area contributed by atoms with Crippen molar-refractivity contribution in [2.45, 2.75) is 33.0 Å². The number of nitro groups is 1. The van der Waals surface area contributed by atoms with Gasteiger partial charge in [-0.15, -0.1) is 10.2 Å². The standard InChI is InChI=1S/C17H18ClN3O3/c1-10-7-12(17(2,3)4)16(22)14(8-10)20-19-13-6-5-11(18)9-15(13)21(23)24/h5-9,22H,1-4H3/i1D3. The number of azo groups is 1. The molecule has 0 aliphatic carbocycles. The maximum absolute atomic E-state index is 11.1. The summed E-state index contributed by atoms with van der Waals surface area (Å²) in [5.41, 5.74) is -0.686. The van der Waals surface area contributed by atoms with Crippen molar-refractivity contribution in [1.82, 2.24) is 0 Å². The van der Waals surface area contributed by atoms with Crippen LogP contribution >= 0.6 is 11.6 Å². The van der Waals surface area contributed by atoms with Crippen LogP contribution in [0.15, 0.2) is 40.6 Å². The van der Waals surface area contributed by atoms with E-state index in [9.17, 15) is 15.2 Å². The second kappa shape index (κ2) is 6.57. The zero-order chi connectivity index (χ0) is 20.6. The molecule has 24 heavy (non-hydrogen) atoms. The fourth-order valence-electron chi connectivity index (χ4n) is 2.10. The van der Waals surface area contributed by atoms with E-state index in [0.29, 0.717) is 5.56 Å².